The number of benzene rings is 2. The minimum atomic E-state index is 0.310. The van der Waals surface area contributed by atoms with Crippen LogP contribution in [0.25, 0.3) is 20.2 Å². The molecule has 0 aliphatic heterocycles. The number of hydrogen-bond donors (Lipinski definition) is 0. The van der Waals surface area contributed by atoms with Gasteiger partial charge in [0.1, 0.15) is 5.75 Å². The van der Waals surface area contributed by atoms with Crippen LogP contribution in [-0.2, 0) is 0 Å². The Hall–Kier alpha value is -1.54. The molecule has 0 unspecified atom stereocenters. The Kier molecular flexibility index (Phi) is 3.43. The first-order valence-corrected chi connectivity index (χ1v) is 7.89. The molecular formula is C18H20OS. The van der Waals surface area contributed by atoms with Gasteiger partial charge in [0.2, 0.25) is 0 Å². The van der Waals surface area contributed by atoms with Crippen LogP contribution in [-0.4, -0.2) is 6.61 Å². The summed E-state index contributed by atoms with van der Waals surface area (Å²) in [6, 6.07) is 14.9. The first-order valence-electron chi connectivity index (χ1n) is 7.08. The molecule has 0 saturated heterocycles. The highest BCUT2D eigenvalue weighted by atomic mass is 32.1. The number of thiophene rings is 1. The van der Waals surface area contributed by atoms with Crippen molar-refractivity contribution in [2.45, 2.75) is 27.2 Å². The van der Waals surface area contributed by atoms with E-state index in [0.29, 0.717) is 5.41 Å². The number of hydrogen-bond acceptors (Lipinski definition) is 2. The molecule has 0 atom stereocenters. The molecule has 0 aliphatic carbocycles. The molecule has 3 rings (SSSR count). The largest absolute Gasteiger partial charge is 0.493 e. The van der Waals surface area contributed by atoms with Crippen LogP contribution in [0.2, 0.25) is 0 Å². The van der Waals surface area contributed by atoms with E-state index in [2.05, 4.69) is 63.2 Å². The molecule has 0 aliphatic rings. The fraction of sp³-hybridized carbons (Fsp3) is 0.333. The van der Waals surface area contributed by atoms with Crippen molar-refractivity contribution in [2.75, 3.05) is 6.61 Å². The maximum absolute atomic E-state index is 6.07. The Bertz CT molecular complexity index is 734. The van der Waals surface area contributed by atoms with Crippen LogP contribution >= 0.6 is 11.3 Å². The van der Waals surface area contributed by atoms with Gasteiger partial charge in [-0.15, -0.1) is 11.3 Å². The Balaban J connectivity index is 1.98. The van der Waals surface area contributed by atoms with Crippen LogP contribution in [0.15, 0.2) is 42.5 Å². The molecule has 0 N–H and O–H groups in total. The van der Waals surface area contributed by atoms with Gasteiger partial charge in [-0.3, -0.25) is 0 Å². The van der Waals surface area contributed by atoms with E-state index in [1.165, 1.54) is 20.2 Å². The van der Waals surface area contributed by atoms with E-state index in [0.717, 1.165) is 18.8 Å². The van der Waals surface area contributed by atoms with Gasteiger partial charge < -0.3 is 4.74 Å². The monoisotopic (exact) mass is 284 g/mol. The predicted molar refractivity (Wildman–Crippen MR) is 88.9 cm³/mol. The molecule has 0 amide bonds. The van der Waals surface area contributed by atoms with Gasteiger partial charge in [-0.05, 0) is 30.0 Å². The van der Waals surface area contributed by atoms with E-state index in [-0.39, 0.29) is 0 Å². The zero-order valence-corrected chi connectivity index (χ0v) is 13.1. The summed E-state index contributed by atoms with van der Waals surface area (Å²) in [4.78, 5) is 0. The molecule has 2 aromatic carbocycles. The van der Waals surface area contributed by atoms with Crippen molar-refractivity contribution in [1.82, 2.24) is 0 Å². The standard InChI is InChI=1S/C18H20OS/c1-18(2,3)11-12-19-14-8-6-10-16-17(14)13-7-4-5-9-15(13)20-16/h4-10H,11-12H2,1-3H3. The summed E-state index contributed by atoms with van der Waals surface area (Å²) in [5, 5.41) is 2.57. The summed E-state index contributed by atoms with van der Waals surface area (Å²) in [5.74, 6) is 1.02. The van der Waals surface area contributed by atoms with Crippen LogP contribution in [0, 0.1) is 5.41 Å². The third-order valence-corrected chi connectivity index (χ3v) is 4.61. The van der Waals surface area contributed by atoms with E-state index in [9.17, 15) is 0 Å². The van der Waals surface area contributed by atoms with Crippen LogP contribution in [0.4, 0.5) is 0 Å². The van der Waals surface area contributed by atoms with E-state index in [1.54, 1.807) is 0 Å². The molecule has 0 spiro atoms. The Morgan fingerprint density at radius 3 is 2.50 bits per heavy atom. The van der Waals surface area contributed by atoms with Gasteiger partial charge in [0.05, 0.1) is 6.61 Å². The smallest absolute Gasteiger partial charge is 0.128 e. The highest BCUT2D eigenvalue weighted by Crippen LogP contribution is 2.39. The fourth-order valence-electron chi connectivity index (χ4n) is 2.33. The lowest BCUT2D eigenvalue weighted by Crippen LogP contribution is -2.11. The van der Waals surface area contributed by atoms with E-state index in [4.69, 9.17) is 4.74 Å². The van der Waals surface area contributed by atoms with E-state index < -0.39 is 0 Å². The molecule has 1 heterocycles. The van der Waals surface area contributed by atoms with Gasteiger partial charge in [-0.25, -0.2) is 0 Å². The maximum Gasteiger partial charge on any atom is 0.128 e. The van der Waals surface area contributed by atoms with E-state index in [1.807, 2.05) is 11.3 Å². The second kappa shape index (κ2) is 5.10. The maximum atomic E-state index is 6.07. The first-order chi connectivity index (χ1) is 9.54. The number of fused-ring (bicyclic) bond motifs is 3. The molecule has 104 valence electrons. The van der Waals surface area contributed by atoms with Crippen molar-refractivity contribution in [3.8, 4) is 5.75 Å². The first kappa shape index (κ1) is 13.4. The second-order valence-electron chi connectivity index (χ2n) is 6.39. The minimum absolute atomic E-state index is 0.310. The van der Waals surface area contributed by atoms with Crippen molar-refractivity contribution in [1.29, 1.82) is 0 Å². The molecule has 20 heavy (non-hydrogen) atoms. The third kappa shape index (κ3) is 2.66. The Morgan fingerprint density at radius 1 is 0.950 bits per heavy atom. The van der Waals surface area contributed by atoms with Crippen molar-refractivity contribution in [2.24, 2.45) is 5.41 Å². The van der Waals surface area contributed by atoms with Crippen LogP contribution in [0.5, 0.6) is 5.75 Å². The Labute approximate surface area is 124 Å². The average Bonchev–Trinajstić information content (AvgIpc) is 2.76. The van der Waals surface area contributed by atoms with Gasteiger partial charge in [0, 0.05) is 20.2 Å². The molecule has 3 aromatic rings. The molecule has 0 radical (unpaired) electrons. The van der Waals surface area contributed by atoms with Crippen molar-refractivity contribution in [3.63, 3.8) is 0 Å². The van der Waals surface area contributed by atoms with Crippen molar-refractivity contribution >= 4 is 31.5 Å². The number of ether oxygens (including phenoxy) is 1. The molecule has 0 fully saturated rings. The predicted octanol–water partition coefficient (Wildman–Crippen LogP) is 5.87. The quantitative estimate of drug-likeness (QED) is 0.584. The topological polar surface area (TPSA) is 9.23 Å². The Morgan fingerprint density at radius 2 is 1.70 bits per heavy atom. The fourth-order valence-corrected chi connectivity index (χ4v) is 3.45. The average molecular weight is 284 g/mol. The molecule has 1 aromatic heterocycles. The molecule has 0 bridgehead atoms. The highest BCUT2D eigenvalue weighted by Gasteiger charge is 2.12. The summed E-state index contributed by atoms with van der Waals surface area (Å²) in [6.45, 7) is 7.51. The summed E-state index contributed by atoms with van der Waals surface area (Å²) in [6.07, 6.45) is 1.06. The van der Waals surface area contributed by atoms with Crippen molar-refractivity contribution in [3.05, 3.63) is 42.5 Å². The van der Waals surface area contributed by atoms with E-state index >= 15 is 0 Å². The van der Waals surface area contributed by atoms with Crippen LogP contribution in [0.1, 0.15) is 27.2 Å². The van der Waals surface area contributed by atoms with Gasteiger partial charge in [-0.2, -0.15) is 0 Å². The van der Waals surface area contributed by atoms with Crippen LogP contribution < -0.4 is 4.74 Å². The summed E-state index contributed by atoms with van der Waals surface area (Å²) < 4.78 is 8.70. The van der Waals surface area contributed by atoms with Gasteiger partial charge >= 0.3 is 0 Å². The SMILES string of the molecule is CC(C)(C)CCOc1cccc2sc3ccccc3c12. The van der Waals surface area contributed by atoms with Gasteiger partial charge in [-0.1, -0.05) is 45.0 Å². The second-order valence-corrected chi connectivity index (χ2v) is 7.47. The molecule has 0 saturated carbocycles. The molecular weight excluding hydrogens is 264 g/mol. The lowest BCUT2D eigenvalue weighted by atomic mass is 9.93. The highest BCUT2D eigenvalue weighted by molar-refractivity contribution is 7.25. The molecule has 1 nitrogen and oxygen atoms in total. The van der Waals surface area contributed by atoms with Crippen LogP contribution in [0.3, 0.4) is 0 Å². The van der Waals surface area contributed by atoms with Gasteiger partial charge in [0.25, 0.3) is 0 Å². The number of rotatable bonds is 3. The summed E-state index contributed by atoms with van der Waals surface area (Å²) in [7, 11) is 0. The molecule has 2 heteroatoms. The lowest BCUT2D eigenvalue weighted by molar-refractivity contribution is 0.245. The summed E-state index contributed by atoms with van der Waals surface area (Å²) >= 11 is 1.83. The summed E-state index contributed by atoms with van der Waals surface area (Å²) in [5.41, 5.74) is 0.310. The van der Waals surface area contributed by atoms with Gasteiger partial charge in [0.15, 0.2) is 0 Å². The normalized spacial score (nSPS) is 12.2. The zero-order valence-electron chi connectivity index (χ0n) is 12.3. The zero-order chi connectivity index (χ0) is 14.2. The lowest BCUT2D eigenvalue weighted by Gasteiger charge is -2.18. The minimum Gasteiger partial charge on any atom is -0.493 e. The third-order valence-electron chi connectivity index (χ3n) is 3.47. The van der Waals surface area contributed by atoms with Crippen molar-refractivity contribution < 1.29 is 4.74 Å².